The van der Waals surface area contributed by atoms with Gasteiger partial charge in [-0.2, -0.15) is 0 Å². The van der Waals surface area contributed by atoms with Crippen LogP contribution in [0.25, 0.3) is 21.9 Å². The van der Waals surface area contributed by atoms with Crippen molar-refractivity contribution in [2.45, 2.75) is 19.8 Å². The number of phenols is 1. The second kappa shape index (κ2) is 13.1. The number of aliphatic imine (C=N–C) groups is 1. The highest BCUT2D eigenvalue weighted by Gasteiger charge is 2.30. The Hall–Kier alpha value is -6.08. The Balaban J connectivity index is 1.35. The van der Waals surface area contributed by atoms with Gasteiger partial charge in [0.1, 0.15) is 24.7 Å². The van der Waals surface area contributed by atoms with Crippen molar-refractivity contribution < 1.29 is 24.1 Å². The fourth-order valence-electron chi connectivity index (χ4n) is 5.87. The maximum atomic E-state index is 14.1. The van der Waals surface area contributed by atoms with Gasteiger partial charge >= 0.3 is 0 Å². The van der Waals surface area contributed by atoms with Crippen LogP contribution in [0.15, 0.2) is 126 Å². The Kier molecular flexibility index (Phi) is 8.26. The number of benzene rings is 6. The molecule has 1 aliphatic heterocycles. The van der Waals surface area contributed by atoms with Crippen LogP contribution in [0.5, 0.6) is 23.0 Å². The molecular weight excluding hydrogens is 588 g/mol. The molecule has 7 rings (SSSR count). The van der Waals surface area contributed by atoms with E-state index in [0.29, 0.717) is 75.7 Å². The van der Waals surface area contributed by atoms with Crippen LogP contribution >= 0.6 is 0 Å². The molecule has 1 aliphatic rings. The lowest BCUT2D eigenvalue weighted by molar-refractivity contribution is 0.0951. The van der Waals surface area contributed by atoms with Crippen molar-refractivity contribution >= 4 is 28.6 Å². The van der Waals surface area contributed by atoms with E-state index in [-0.39, 0.29) is 11.7 Å². The van der Waals surface area contributed by atoms with E-state index in [1.807, 2.05) is 109 Å². The van der Waals surface area contributed by atoms with Crippen LogP contribution in [0.1, 0.15) is 32.6 Å². The van der Waals surface area contributed by atoms with Gasteiger partial charge in [0.15, 0.2) is 11.5 Å². The second-order valence-corrected chi connectivity index (χ2v) is 11.2. The molecule has 0 saturated carbocycles. The molecular formula is C40H32N2O5. The number of nitrogens with zero attached hydrogens (tertiary/aromatic N) is 1. The number of carbonyl (C=O) groups is 1. The highest BCUT2D eigenvalue weighted by Crippen LogP contribution is 2.50. The van der Waals surface area contributed by atoms with E-state index in [0.717, 1.165) is 16.7 Å². The number of ether oxygens (including phenoxy) is 3. The summed E-state index contributed by atoms with van der Waals surface area (Å²) in [5.41, 5.74) is 5.47. The molecule has 47 heavy (non-hydrogen) atoms. The molecule has 1 amide bonds. The molecule has 0 radical (unpaired) electrons. The SMILES string of the molecule is COc1cc(-c2c(C(=O)NCc3ccccc3)c3c4c(ccc(OCc5ccccc5)c4c2O)N=C3)ccc1OCc1ccccc1. The third-order valence-corrected chi connectivity index (χ3v) is 8.19. The van der Waals surface area contributed by atoms with Gasteiger partial charge in [-0.05, 0) is 46.5 Å². The zero-order valence-corrected chi connectivity index (χ0v) is 25.8. The second-order valence-electron chi connectivity index (χ2n) is 11.2. The van der Waals surface area contributed by atoms with Gasteiger partial charge in [-0.15, -0.1) is 0 Å². The number of carbonyl (C=O) groups excluding carboxylic acids is 1. The van der Waals surface area contributed by atoms with Crippen LogP contribution in [0.3, 0.4) is 0 Å². The van der Waals surface area contributed by atoms with Crippen molar-refractivity contribution in [3.8, 4) is 34.1 Å². The normalized spacial score (nSPS) is 11.4. The molecule has 6 aromatic rings. The molecule has 7 nitrogen and oxygen atoms in total. The van der Waals surface area contributed by atoms with Crippen LogP contribution < -0.4 is 19.5 Å². The first kappa shape index (κ1) is 29.6. The van der Waals surface area contributed by atoms with Crippen molar-refractivity contribution in [1.29, 1.82) is 0 Å². The smallest absolute Gasteiger partial charge is 0.253 e. The highest BCUT2D eigenvalue weighted by atomic mass is 16.5. The van der Waals surface area contributed by atoms with E-state index >= 15 is 0 Å². The van der Waals surface area contributed by atoms with E-state index in [1.54, 1.807) is 25.5 Å². The van der Waals surface area contributed by atoms with Crippen molar-refractivity contribution in [3.63, 3.8) is 0 Å². The molecule has 0 saturated heterocycles. The molecule has 232 valence electrons. The fourth-order valence-corrected chi connectivity index (χ4v) is 5.87. The van der Waals surface area contributed by atoms with Crippen LogP contribution in [0, 0.1) is 0 Å². The largest absolute Gasteiger partial charge is 0.506 e. The predicted octanol–water partition coefficient (Wildman–Crippen LogP) is 8.37. The lowest BCUT2D eigenvalue weighted by Gasteiger charge is -2.20. The minimum absolute atomic E-state index is 0.0796. The Morgan fingerprint density at radius 3 is 1.94 bits per heavy atom. The van der Waals surface area contributed by atoms with E-state index in [9.17, 15) is 9.90 Å². The Morgan fingerprint density at radius 1 is 0.702 bits per heavy atom. The molecule has 0 aliphatic carbocycles. The first-order valence-corrected chi connectivity index (χ1v) is 15.3. The maximum Gasteiger partial charge on any atom is 0.253 e. The van der Waals surface area contributed by atoms with Gasteiger partial charge < -0.3 is 24.6 Å². The van der Waals surface area contributed by atoms with Crippen molar-refractivity contribution in [2.24, 2.45) is 4.99 Å². The first-order chi connectivity index (χ1) is 23.1. The monoisotopic (exact) mass is 620 g/mol. The summed E-state index contributed by atoms with van der Waals surface area (Å²) >= 11 is 0. The Morgan fingerprint density at radius 2 is 1.30 bits per heavy atom. The molecule has 0 fully saturated rings. The molecule has 0 bridgehead atoms. The van der Waals surface area contributed by atoms with Crippen LogP contribution in [0.2, 0.25) is 0 Å². The number of amides is 1. The topological polar surface area (TPSA) is 89.4 Å². The molecule has 6 aromatic carbocycles. The molecule has 2 N–H and O–H groups in total. The number of aromatic hydroxyl groups is 1. The molecule has 1 heterocycles. The maximum absolute atomic E-state index is 14.1. The van der Waals surface area contributed by atoms with E-state index in [4.69, 9.17) is 14.2 Å². The quantitative estimate of drug-likeness (QED) is 0.152. The summed E-state index contributed by atoms with van der Waals surface area (Å²) in [4.78, 5) is 18.7. The Bertz CT molecular complexity index is 2100. The first-order valence-electron chi connectivity index (χ1n) is 15.3. The van der Waals surface area contributed by atoms with E-state index in [1.165, 1.54) is 0 Å². The minimum atomic E-state index is -0.339. The fraction of sp³-hybridized carbons (Fsp3) is 0.100. The molecule has 7 heteroatoms. The van der Waals surface area contributed by atoms with Gasteiger partial charge in [0.2, 0.25) is 0 Å². The average Bonchev–Trinajstić information content (AvgIpc) is 3.55. The Labute approximate surface area is 272 Å². The number of hydrogen-bond acceptors (Lipinski definition) is 6. The third-order valence-electron chi connectivity index (χ3n) is 8.19. The minimum Gasteiger partial charge on any atom is -0.506 e. The van der Waals surface area contributed by atoms with Crippen molar-refractivity contribution in [2.75, 3.05) is 7.11 Å². The lowest BCUT2D eigenvalue weighted by Crippen LogP contribution is -2.25. The number of nitrogens with one attached hydrogen (secondary N) is 1. The molecule has 0 unspecified atom stereocenters. The van der Waals surface area contributed by atoms with Crippen LogP contribution in [-0.4, -0.2) is 24.3 Å². The predicted molar refractivity (Wildman–Crippen MR) is 184 cm³/mol. The summed E-state index contributed by atoms with van der Waals surface area (Å²) in [6, 6.07) is 38.4. The zero-order chi connectivity index (χ0) is 32.2. The summed E-state index contributed by atoms with van der Waals surface area (Å²) in [6.45, 7) is 0.981. The molecule has 0 aromatic heterocycles. The van der Waals surface area contributed by atoms with Gasteiger partial charge in [-0.3, -0.25) is 9.79 Å². The number of methoxy groups -OCH3 is 1. The van der Waals surface area contributed by atoms with Gasteiger partial charge in [-0.1, -0.05) is 97.1 Å². The number of phenolic OH excluding ortho intramolecular Hbond substituents is 1. The van der Waals surface area contributed by atoms with E-state index in [2.05, 4.69) is 10.3 Å². The van der Waals surface area contributed by atoms with Crippen molar-refractivity contribution in [3.05, 3.63) is 149 Å². The molecule has 0 spiro atoms. The van der Waals surface area contributed by atoms with Crippen LogP contribution in [0.4, 0.5) is 5.69 Å². The number of hydrogen-bond donors (Lipinski definition) is 2. The third kappa shape index (κ3) is 5.99. The number of rotatable bonds is 11. The van der Waals surface area contributed by atoms with Gasteiger partial charge in [0.25, 0.3) is 5.91 Å². The summed E-state index contributed by atoms with van der Waals surface area (Å²) < 4.78 is 18.2. The van der Waals surface area contributed by atoms with E-state index < -0.39 is 0 Å². The summed E-state index contributed by atoms with van der Waals surface area (Å²) in [6.07, 6.45) is 1.69. The van der Waals surface area contributed by atoms with Gasteiger partial charge in [-0.25, -0.2) is 0 Å². The summed E-state index contributed by atoms with van der Waals surface area (Å²) in [7, 11) is 1.57. The summed E-state index contributed by atoms with van der Waals surface area (Å²) in [5, 5.41) is 16.4. The zero-order valence-electron chi connectivity index (χ0n) is 25.8. The lowest BCUT2D eigenvalue weighted by atomic mass is 9.88. The average molecular weight is 621 g/mol. The highest BCUT2D eigenvalue weighted by molar-refractivity contribution is 6.24. The van der Waals surface area contributed by atoms with Gasteiger partial charge in [0.05, 0.1) is 23.7 Å². The summed E-state index contributed by atoms with van der Waals surface area (Å²) in [5.74, 6) is 1.08. The van der Waals surface area contributed by atoms with Gasteiger partial charge in [0, 0.05) is 29.3 Å². The standard InChI is InChI=1S/C40H32N2O5/c1-45-34-21-29(17-19-32(34)46-24-27-13-7-3-8-14-27)35-37(40(44)42-22-26-11-5-2-6-12-26)30-23-41-31-18-20-33(38(36(30)31)39(35)43)47-25-28-15-9-4-10-16-28/h2-21,23,43H,22,24-25H2,1H3,(H,42,44). The van der Waals surface area contributed by atoms with Crippen molar-refractivity contribution in [1.82, 2.24) is 5.32 Å². The molecule has 0 atom stereocenters. The van der Waals surface area contributed by atoms with Crippen LogP contribution in [-0.2, 0) is 19.8 Å².